The molecule has 0 unspecified atom stereocenters. The summed E-state index contributed by atoms with van der Waals surface area (Å²) in [6.07, 6.45) is -1.31. The van der Waals surface area contributed by atoms with Crippen LogP contribution in [0.5, 0.6) is 5.75 Å². The Morgan fingerprint density at radius 2 is 0.851 bits per heavy atom. The van der Waals surface area contributed by atoms with E-state index in [-0.39, 0.29) is 0 Å². The molecular formula is C41H35O5P. The molecule has 0 amide bonds. The predicted octanol–water partition coefficient (Wildman–Crippen LogP) is 9.90. The van der Waals surface area contributed by atoms with Crippen molar-refractivity contribution < 1.29 is 23.0 Å². The molecule has 2 aliphatic rings. The van der Waals surface area contributed by atoms with E-state index in [1.165, 1.54) is 0 Å². The van der Waals surface area contributed by atoms with E-state index in [9.17, 15) is 0 Å². The maximum absolute atomic E-state index is 7.41. The molecule has 6 aromatic carbocycles. The normalized spacial score (nSPS) is 21.5. The van der Waals surface area contributed by atoms with E-state index < -0.39 is 37.8 Å². The van der Waals surface area contributed by atoms with Gasteiger partial charge in [0.1, 0.15) is 18.0 Å². The minimum atomic E-state index is -2.12. The van der Waals surface area contributed by atoms with E-state index >= 15 is 0 Å². The second kappa shape index (κ2) is 12.0. The number of ether oxygens (including phenoxy) is 2. The molecular weight excluding hydrogens is 603 g/mol. The van der Waals surface area contributed by atoms with E-state index in [0.29, 0.717) is 5.75 Å². The summed E-state index contributed by atoms with van der Waals surface area (Å²) in [7, 11) is -2.12. The quantitative estimate of drug-likeness (QED) is 0.170. The zero-order valence-electron chi connectivity index (χ0n) is 26.2. The molecule has 0 bridgehead atoms. The van der Waals surface area contributed by atoms with Crippen LogP contribution in [0.25, 0.3) is 10.8 Å². The van der Waals surface area contributed by atoms with Crippen molar-refractivity contribution in [3.05, 3.63) is 186 Å². The molecule has 6 aromatic rings. The van der Waals surface area contributed by atoms with E-state index in [2.05, 4.69) is 66.7 Å². The highest BCUT2D eigenvalue weighted by Crippen LogP contribution is 2.64. The van der Waals surface area contributed by atoms with Crippen molar-refractivity contribution in [3.8, 4) is 5.75 Å². The highest BCUT2D eigenvalue weighted by molar-refractivity contribution is 7.42. The maximum atomic E-state index is 7.41. The van der Waals surface area contributed by atoms with E-state index in [0.717, 1.165) is 33.0 Å². The summed E-state index contributed by atoms with van der Waals surface area (Å²) in [5.41, 5.74) is 1.31. The van der Waals surface area contributed by atoms with Crippen LogP contribution < -0.4 is 4.52 Å². The van der Waals surface area contributed by atoms with Crippen LogP contribution in [0, 0.1) is 0 Å². The Morgan fingerprint density at radius 1 is 0.468 bits per heavy atom. The standard InChI is InChI=1S/C41H35O5P/c1-39(2)42-37-38(43-39)41(34-23-11-5-12-24-34,35-25-13-6-14-26-35)46-47(44-36-28-27-30-17-15-16-18-31(30)29-36)45-40(37,32-19-7-3-8-20-32)33-21-9-4-10-22-33/h3-29,37-38H,1-2H3/t37-,38-/m1/s1. The topological polar surface area (TPSA) is 46.2 Å². The van der Waals surface area contributed by atoms with E-state index in [4.69, 9.17) is 23.0 Å². The third-order valence-corrected chi connectivity index (χ3v) is 10.3. The number of benzene rings is 6. The van der Waals surface area contributed by atoms with Crippen LogP contribution in [0.3, 0.4) is 0 Å². The average molecular weight is 639 g/mol. The van der Waals surface area contributed by atoms with Gasteiger partial charge in [0.25, 0.3) is 0 Å². The van der Waals surface area contributed by atoms with Crippen LogP contribution in [-0.2, 0) is 29.7 Å². The third-order valence-electron chi connectivity index (χ3n) is 9.05. The average Bonchev–Trinajstić information content (AvgIpc) is 3.41. The molecule has 2 aliphatic heterocycles. The van der Waals surface area contributed by atoms with Crippen molar-refractivity contribution in [2.24, 2.45) is 0 Å². The lowest BCUT2D eigenvalue weighted by atomic mass is 9.72. The molecule has 2 fully saturated rings. The summed E-state index contributed by atoms with van der Waals surface area (Å²) < 4.78 is 35.8. The first-order valence-corrected chi connectivity index (χ1v) is 17.0. The number of fused-ring (bicyclic) bond motifs is 2. The van der Waals surface area contributed by atoms with Gasteiger partial charge in [-0.25, -0.2) is 0 Å². The minimum Gasteiger partial charge on any atom is -0.427 e. The van der Waals surface area contributed by atoms with Gasteiger partial charge in [-0.3, -0.25) is 9.05 Å². The SMILES string of the molecule is CC1(C)O[C@@H]2[C@@H](O1)C(c1ccccc1)(c1ccccc1)OP(Oc1ccc3ccccc3c1)OC2(c1ccccc1)c1ccccc1. The van der Waals surface area contributed by atoms with Crippen molar-refractivity contribution in [2.45, 2.75) is 43.0 Å². The fraction of sp³-hybridized carbons (Fsp3) is 0.171. The Labute approximate surface area is 276 Å². The van der Waals surface area contributed by atoms with Crippen molar-refractivity contribution >= 4 is 19.4 Å². The van der Waals surface area contributed by atoms with Gasteiger partial charge >= 0.3 is 8.60 Å². The molecule has 2 saturated heterocycles. The molecule has 0 aliphatic carbocycles. The summed E-state index contributed by atoms with van der Waals surface area (Å²) in [5.74, 6) is -0.306. The van der Waals surface area contributed by atoms with Gasteiger partial charge < -0.3 is 14.0 Å². The summed E-state index contributed by atoms with van der Waals surface area (Å²) in [6, 6.07) is 55.2. The summed E-state index contributed by atoms with van der Waals surface area (Å²) in [6.45, 7) is 3.91. The van der Waals surface area contributed by atoms with Crippen molar-refractivity contribution in [1.29, 1.82) is 0 Å². The lowest BCUT2D eigenvalue weighted by Crippen LogP contribution is -2.53. The molecule has 0 spiro atoms. The first-order chi connectivity index (χ1) is 23.0. The third kappa shape index (κ3) is 5.25. The Kier molecular flexibility index (Phi) is 7.68. The van der Waals surface area contributed by atoms with Crippen molar-refractivity contribution in [2.75, 3.05) is 0 Å². The van der Waals surface area contributed by atoms with Crippen LogP contribution in [-0.4, -0.2) is 18.0 Å². The molecule has 0 saturated carbocycles. The zero-order valence-corrected chi connectivity index (χ0v) is 27.1. The molecule has 234 valence electrons. The Hall–Kier alpha value is -4.35. The summed E-state index contributed by atoms with van der Waals surface area (Å²) >= 11 is 0. The molecule has 47 heavy (non-hydrogen) atoms. The Balaban J connectivity index is 1.41. The molecule has 0 aromatic heterocycles. The lowest BCUT2D eigenvalue weighted by molar-refractivity contribution is -0.175. The van der Waals surface area contributed by atoms with Gasteiger partial charge in [-0.05, 0) is 59.0 Å². The molecule has 6 heteroatoms. The summed E-state index contributed by atoms with van der Waals surface area (Å²) in [5, 5.41) is 2.19. The lowest BCUT2D eigenvalue weighted by Gasteiger charge is -2.41. The first-order valence-electron chi connectivity index (χ1n) is 15.9. The molecule has 8 rings (SSSR count). The summed E-state index contributed by atoms with van der Waals surface area (Å²) in [4.78, 5) is 0. The molecule has 2 atom stereocenters. The van der Waals surface area contributed by atoms with Gasteiger partial charge in [0, 0.05) is 0 Å². The maximum Gasteiger partial charge on any atom is 0.399 e. The molecule has 0 radical (unpaired) electrons. The number of hydrogen-bond donors (Lipinski definition) is 0. The zero-order chi connectivity index (χ0) is 31.9. The van der Waals surface area contributed by atoms with Crippen molar-refractivity contribution in [3.63, 3.8) is 0 Å². The fourth-order valence-corrected chi connectivity index (χ4v) is 8.50. The van der Waals surface area contributed by atoms with Crippen LogP contribution in [0.2, 0.25) is 0 Å². The fourth-order valence-electron chi connectivity index (χ4n) is 7.00. The second-order valence-corrected chi connectivity index (χ2v) is 13.4. The highest BCUT2D eigenvalue weighted by Gasteiger charge is 2.67. The van der Waals surface area contributed by atoms with Crippen molar-refractivity contribution in [1.82, 2.24) is 0 Å². The molecule has 0 N–H and O–H groups in total. The smallest absolute Gasteiger partial charge is 0.399 e. The number of hydrogen-bond acceptors (Lipinski definition) is 5. The van der Waals surface area contributed by atoms with Gasteiger partial charge in [0.2, 0.25) is 0 Å². The van der Waals surface area contributed by atoms with Crippen LogP contribution >= 0.6 is 8.60 Å². The number of rotatable bonds is 6. The molecule has 2 heterocycles. The predicted molar refractivity (Wildman–Crippen MR) is 185 cm³/mol. The monoisotopic (exact) mass is 638 g/mol. The molecule has 5 nitrogen and oxygen atoms in total. The first kappa shape index (κ1) is 30.0. The minimum absolute atomic E-state index is 0.647. The van der Waals surface area contributed by atoms with Gasteiger partial charge in [-0.15, -0.1) is 0 Å². The van der Waals surface area contributed by atoms with E-state index in [1.54, 1.807) is 0 Å². The Bertz CT molecular complexity index is 1790. The van der Waals surface area contributed by atoms with E-state index in [1.807, 2.05) is 111 Å². The van der Waals surface area contributed by atoms with Gasteiger partial charge in [-0.1, -0.05) is 152 Å². The van der Waals surface area contributed by atoms with Crippen LogP contribution in [0.15, 0.2) is 164 Å². The van der Waals surface area contributed by atoms with Crippen LogP contribution in [0.1, 0.15) is 36.1 Å². The largest absolute Gasteiger partial charge is 0.427 e. The Morgan fingerprint density at radius 3 is 1.28 bits per heavy atom. The second-order valence-electron chi connectivity index (χ2n) is 12.4. The van der Waals surface area contributed by atoms with Gasteiger partial charge in [-0.2, -0.15) is 0 Å². The highest BCUT2D eigenvalue weighted by atomic mass is 31.2. The van der Waals surface area contributed by atoms with Crippen LogP contribution in [0.4, 0.5) is 0 Å². The van der Waals surface area contributed by atoms with Gasteiger partial charge in [0.05, 0.1) is 0 Å². The van der Waals surface area contributed by atoms with Gasteiger partial charge in [0.15, 0.2) is 17.0 Å².